The molecule has 0 aliphatic carbocycles. The summed E-state index contributed by atoms with van der Waals surface area (Å²) >= 11 is 1.78. The topological polar surface area (TPSA) is 28.2 Å². The number of aromatic nitrogens is 1. The number of benzene rings is 1. The van der Waals surface area contributed by atoms with Gasteiger partial charge in [0.2, 0.25) is 0 Å². The summed E-state index contributed by atoms with van der Waals surface area (Å²) in [7, 11) is 2.14. The largest absolute Gasteiger partial charge is 0.350 e. The van der Waals surface area contributed by atoms with Gasteiger partial charge in [-0.1, -0.05) is 23.5 Å². The van der Waals surface area contributed by atoms with Crippen LogP contribution in [-0.2, 0) is 0 Å². The number of rotatable bonds is 3. The van der Waals surface area contributed by atoms with Crippen LogP contribution >= 0.6 is 11.3 Å². The molecule has 1 N–H and O–H groups in total. The fraction of sp³-hybridized carbons (Fsp3) is 0.462. The van der Waals surface area contributed by atoms with Crippen molar-refractivity contribution in [3.05, 3.63) is 24.3 Å². The van der Waals surface area contributed by atoms with E-state index in [-0.39, 0.29) is 0 Å². The van der Waals surface area contributed by atoms with Gasteiger partial charge in [0, 0.05) is 19.6 Å². The van der Waals surface area contributed by atoms with Crippen LogP contribution in [0.2, 0.25) is 0 Å². The second-order valence-electron chi connectivity index (χ2n) is 4.64. The fourth-order valence-electron chi connectivity index (χ4n) is 2.34. The Morgan fingerprint density at radius 3 is 3.12 bits per heavy atom. The van der Waals surface area contributed by atoms with Gasteiger partial charge in [0.05, 0.1) is 10.2 Å². The van der Waals surface area contributed by atoms with Crippen LogP contribution in [0.15, 0.2) is 24.3 Å². The lowest BCUT2D eigenvalue weighted by atomic mass is 10.2. The van der Waals surface area contributed by atoms with Crippen molar-refractivity contribution in [1.29, 1.82) is 0 Å². The summed E-state index contributed by atoms with van der Waals surface area (Å²) in [5.41, 5.74) is 1.11. The minimum absolute atomic E-state index is 0.631. The maximum atomic E-state index is 4.67. The Morgan fingerprint density at radius 1 is 1.47 bits per heavy atom. The van der Waals surface area contributed by atoms with E-state index >= 15 is 0 Å². The molecule has 17 heavy (non-hydrogen) atoms. The molecule has 0 bridgehead atoms. The Morgan fingerprint density at radius 2 is 2.35 bits per heavy atom. The predicted octanol–water partition coefficient (Wildman–Crippen LogP) is 2.48. The number of nitrogens with one attached hydrogen (secondary N) is 1. The Balaban J connectivity index is 1.77. The molecule has 1 saturated heterocycles. The van der Waals surface area contributed by atoms with E-state index in [0.717, 1.165) is 17.2 Å². The second-order valence-corrected chi connectivity index (χ2v) is 5.65. The first kappa shape index (κ1) is 11.0. The third-order valence-electron chi connectivity index (χ3n) is 3.27. The van der Waals surface area contributed by atoms with Gasteiger partial charge in [-0.25, -0.2) is 4.98 Å². The van der Waals surface area contributed by atoms with Gasteiger partial charge in [-0.15, -0.1) is 0 Å². The van der Waals surface area contributed by atoms with Gasteiger partial charge < -0.3 is 10.2 Å². The average molecular weight is 247 g/mol. The van der Waals surface area contributed by atoms with E-state index in [4.69, 9.17) is 0 Å². The molecule has 2 aromatic rings. The molecule has 0 saturated carbocycles. The van der Waals surface area contributed by atoms with Crippen LogP contribution < -0.4 is 10.2 Å². The third kappa shape index (κ3) is 2.28. The summed E-state index contributed by atoms with van der Waals surface area (Å²) < 4.78 is 1.27. The third-order valence-corrected chi connectivity index (χ3v) is 4.42. The number of anilines is 1. The molecule has 2 heterocycles. The Hall–Kier alpha value is -1.13. The number of hydrogen-bond donors (Lipinski definition) is 1. The monoisotopic (exact) mass is 247 g/mol. The zero-order chi connectivity index (χ0) is 11.7. The SMILES string of the molecule is CN(CC1CCCN1)c1nc2ccccc2s1. The van der Waals surface area contributed by atoms with Gasteiger partial charge in [0.25, 0.3) is 0 Å². The van der Waals surface area contributed by atoms with Gasteiger partial charge in [0.15, 0.2) is 5.13 Å². The van der Waals surface area contributed by atoms with Gasteiger partial charge in [0.1, 0.15) is 0 Å². The van der Waals surface area contributed by atoms with E-state index in [1.807, 2.05) is 6.07 Å². The molecule has 3 nitrogen and oxygen atoms in total. The summed E-state index contributed by atoms with van der Waals surface area (Å²) in [5.74, 6) is 0. The predicted molar refractivity (Wildman–Crippen MR) is 73.9 cm³/mol. The Kier molecular flexibility index (Phi) is 2.99. The molecule has 1 aromatic heterocycles. The van der Waals surface area contributed by atoms with E-state index in [1.54, 1.807) is 11.3 Å². The second kappa shape index (κ2) is 4.63. The summed E-state index contributed by atoms with van der Waals surface area (Å²) in [5, 5.41) is 4.65. The molecule has 1 unspecified atom stereocenters. The number of hydrogen-bond acceptors (Lipinski definition) is 4. The molecular formula is C13H17N3S. The highest BCUT2D eigenvalue weighted by molar-refractivity contribution is 7.22. The molecule has 4 heteroatoms. The van der Waals surface area contributed by atoms with E-state index in [1.165, 1.54) is 24.1 Å². The van der Waals surface area contributed by atoms with Gasteiger partial charge in [-0.3, -0.25) is 0 Å². The first-order valence-electron chi connectivity index (χ1n) is 6.13. The van der Waals surface area contributed by atoms with Crippen molar-refractivity contribution in [3.8, 4) is 0 Å². The number of likely N-dealkylation sites (N-methyl/N-ethyl adjacent to an activating group) is 1. The molecule has 1 aliphatic rings. The molecule has 0 amide bonds. The van der Waals surface area contributed by atoms with Crippen molar-refractivity contribution >= 4 is 26.7 Å². The van der Waals surface area contributed by atoms with E-state index in [9.17, 15) is 0 Å². The van der Waals surface area contributed by atoms with Crippen molar-refractivity contribution in [2.24, 2.45) is 0 Å². The molecule has 3 rings (SSSR count). The number of para-hydroxylation sites is 1. The summed E-state index contributed by atoms with van der Waals surface area (Å²) in [6.07, 6.45) is 2.59. The van der Waals surface area contributed by atoms with Crippen molar-refractivity contribution in [2.75, 3.05) is 25.0 Å². The zero-order valence-corrected chi connectivity index (χ0v) is 10.8. The van der Waals surface area contributed by atoms with Crippen LogP contribution in [-0.4, -0.2) is 31.2 Å². The van der Waals surface area contributed by atoms with Crippen molar-refractivity contribution < 1.29 is 0 Å². The van der Waals surface area contributed by atoms with Crippen molar-refractivity contribution in [2.45, 2.75) is 18.9 Å². The molecule has 1 aromatic carbocycles. The van der Waals surface area contributed by atoms with Crippen molar-refractivity contribution in [1.82, 2.24) is 10.3 Å². The highest BCUT2D eigenvalue weighted by Crippen LogP contribution is 2.28. The minimum atomic E-state index is 0.631. The summed E-state index contributed by atoms with van der Waals surface area (Å²) in [4.78, 5) is 6.94. The molecule has 90 valence electrons. The van der Waals surface area contributed by atoms with Crippen LogP contribution in [0, 0.1) is 0 Å². The van der Waals surface area contributed by atoms with Crippen LogP contribution in [0.1, 0.15) is 12.8 Å². The Labute approximate surface area is 105 Å². The standard InChI is InChI=1S/C13H17N3S/c1-16(9-10-5-4-8-14-10)13-15-11-6-2-3-7-12(11)17-13/h2-3,6-7,10,14H,4-5,8-9H2,1H3. The van der Waals surface area contributed by atoms with E-state index < -0.39 is 0 Å². The zero-order valence-electron chi connectivity index (χ0n) is 10.0. The van der Waals surface area contributed by atoms with Crippen LogP contribution in [0.4, 0.5) is 5.13 Å². The maximum Gasteiger partial charge on any atom is 0.186 e. The highest BCUT2D eigenvalue weighted by Gasteiger charge is 2.17. The van der Waals surface area contributed by atoms with Crippen LogP contribution in [0.3, 0.4) is 0 Å². The highest BCUT2D eigenvalue weighted by atomic mass is 32.1. The fourth-order valence-corrected chi connectivity index (χ4v) is 3.28. The van der Waals surface area contributed by atoms with Crippen molar-refractivity contribution in [3.63, 3.8) is 0 Å². The van der Waals surface area contributed by atoms with Crippen LogP contribution in [0.25, 0.3) is 10.2 Å². The summed E-state index contributed by atoms with van der Waals surface area (Å²) in [6.45, 7) is 2.22. The number of thiazole rings is 1. The maximum absolute atomic E-state index is 4.67. The number of nitrogens with zero attached hydrogens (tertiary/aromatic N) is 2. The van der Waals surface area contributed by atoms with Gasteiger partial charge >= 0.3 is 0 Å². The Bertz CT molecular complexity index is 469. The first-order chi connectivity index (χ1) is 8.33. The van der Waals surface area contributed by atoms with E-state index in [2.05, 4.69) is 40.4 Å². The lowest BCUT2D eigenvalue weighted by molar-refractivity contribution is 0.599. The molecule has 0 spiro atoms. The molecule has 1 aliphatic heterocycles. The quantitative estimate of drug-likeness (QED) is 0.903. The molecule has 1 fully saturated rings. The lowest BCUT2D eigenvalue weighted by Gasteiger charge is -2.20. The van der Waals surface area contributed by atoms with Gasteiger partial charge in [-0.2, -0.15) is 0 Å². The first-order valence-corrected chi connectivity index (χ1v) is 6.95. The minimum Gasteiger partial charge on any atom is -0.350 e. The van der Waals surface area contributed by atoms with Gasteiger partial charge in [-0.05, 0) is 31.5 Å². The lowest BCUT2D eigenvalue weighted by Crippen LogP contribution is -2.35. The molecule has 1 atom stereocenters. The van der Waals surface area contributed by atoms with Crippen LogP contribution in [0.5, 0.6) is 0 Å². The van der Waals surface area contributed by atoms with E-state index in [0.29, 0.717) is 6.04 Å². The number of fused-ring (bicyclic) bond motifs is 1. The molecular weight excluding hydrogens is 230 g/mol. The average Bonchev–Trinajstić information content (AvgIpc) is 2.96. The normalized spacial score (nSPS) is 19.9. The molecule has 0 radical (unpaired) electrons. The summed E-state index contributed by atoms with van der Waals surface area (Å²) in [6, 6.07) is 8.97. The smallest absolute Gasteiger partial charge is 0.186 e.